The van der Waals surface area contributed by atoms with Crippen molar-refractivity contribution in [2.24, 2.45) is 0 Å². The molecule has 0 amide bonds. The number of hydrogen-bond donors (Lipinski definition) is 0. The summed E-state index contributed by atoms with van der Waals surface area (Å²) in [5.74, 6) is 0. The van der Waals surface area contributed by atoms with Gasteiger partial charge in [0.2, 0.25) is 0 Å². The molecular formula is C5H13NO4S. The predicted octanol–water partition coefficient (Wildman–Crippen LogP) is 0.151. The van der Waals surface area contributed by atoms with Crippen molar-refractivity contribution < 1.29 is 16.9 Å². The fourth-order valence-electron chi connectivity index (χ4n) is 0.389. The van der Waals surface area contributed by atoms with E-state index in [1.165, 1.54) is 14.1 Å². The Balaban J connectivity index is 3.82. The van der Waals surface area contributed by atoms with Crippen molar-refractivity contribution in [3.05, 3.63) is 0 Å². The summed E-state index contributed by atoms with van der Waals surface area (Å²) >= 11 is 0. The van der Waals surface area contributed by atoms with E-state index in [-0.39, 0.29) is 6.61 Å². The number of hydroxylamine groups is 2. The van der Waals surface area contributed by atoms with Crippen LogP contribution in [0.25, 0.3) is 0 Å². The lowest BCUT2D eigenvalue weighted by molar-refractivity contribution is -0.0140. The Morgan fingerprint density at radius 1 is 1.36 bits per heavy atom. The molecule has 0 unspecified atom stereocenters. The average Bonchev–Trinajstić information content (AvgIpc) is 1.81. The normalized spacial score (nSPS) is 12.4. The molecule has 0 saturated heterocycles. The first-order valence-corrected chi connectivity index (χ1v) is 4.57. The first-order valence-electron chi connectivity index (χ1n) is 3.24. The van der Waals surface area contributed by atoms with Crippen molar-refractivity contribution in [3.8, 4) is 0 Å². The minimum Gasteiger partial charge on any atom is -0.247 e. The van der Waals surface area contributed by atoms with Gasteiger partial charge in [-0.25, -0.2) is 4.18 Å². The molecule has 6 heteroatoms. The highest BCUT2D eigenvalue weighted by atomic mass is 32.3. The van der Waals surface area contributed by atoms with Gasteiger partial charge in [0.1, 0.15) is 0 Å². The zero-order valence-electron chi connectivity index (χ0n) is 6.90. The van der Waals surface area contributed by atoms with Crippen molar-refractivity contribution in [2.45, 2.75) is 13.3 Å². The van der Waals surface area contributed by atoms with Gasteiger partial charge < -0.3 is 0 Å². The first kappa shape index (κ1) is 10.8. The fourth-order valence-corrected chi connectivity index (χ4v) is 1.17. The quantitative estimate of drug-likeness (QED) is 0.568. The smallest absolute Gasteiger partial charge is 0.247 e. The summed E-state index contributed by atoms with van der Waals surface area (Å²) < 4.78 is 30.1. The molecule has 5 nitrogen and oxygen atoms in total. The summed E-state index contributed by atoms with van der Waals surface area (Å²) in [4.78, 5) is 0. The van der Waals surface area contributed by atoms with E-state index in [1.54, 1.807) is 0 Å². The van der Waals surface area contributed by atoms with Crippen LogP contribution in [0.5, 0.6) is 0 Å². The summed E-state index contributed by atoms with van der Waals surface area (Å²) in [6.45, 7) is 1.96. The van der Waals surface area contributed by atoms with Crippen LogP contribution >= 0.6 is 0 Å². The molecule has 0 aliphatic rings. The highest BCUT2D eigenvalue weighted by Gasteiger charge is 2.12. The summed E-state index contributed by atoms with van der Waals surface area (Å²) in [7, 11) is -0.887. The molecule has 0 aromatic rings. The summed E-state index contributed by atoms with van der Waals surface area (Å²) in [6.07, 6.45) is 0.635. The zero-order chi connectivity index (χ0) is 8.91. The third kappa shape index (κ3) is 6.24. The molecule has 0 saturated carbocycles. The van der Waals surface area contributed by atoms with E-state index in [0.717, 1.165) is 5.06 Å². The van der Waals surface area contributed by atoms with E-state index < -0.39 is 10.4 Å². The highest BCUT2D eigenvalue weighted by molar-refractivity contribution is 7.81. The van der Waals surface area contributed by atoms with Crippen LogP contribution in [-0.2, 0) is 18.9 Å². The predicted molar refractivity (Wildman–Crippen MR) is 39.9 cm³/mol. The molecule has 0 N–H and O–H groups in total. The molecule has 0 aromatic carbocycles. The maximum Gasteiger partial charge on any atom is 0.416 e. The Bertz CT molecular complexity index is 187. The van der Waals surface area contributed by atoms with Crippen LogP contribution < -0.4 is 0 Å². The molecule has 11 heavy (non-hydrogen) atoms. The van der Waals surface area contributed by atoms with Crippen molar-refractivity contribution >= 4 is 10.4 Å². The van der Waals surface area contributed by atoms with Gasteiger partial charge in [-0.05, 0) is 6.42 Å². The minimum absolute atomic E-state index is 0.149. The Kier molecular flexibility index (Phi) is 4.58. The van der Waals surface area contributed by atoms with E-state index in [0.29, 0.717) is 6.42 Å². The van der Waals surface area contributed by atoms with Crippen LogP contribution in [0.15, 0.2) is 0 Å². The minimum atomic E-state index is -3.82. The van der Waals surface area contributed by atoms with Crippen LogP contribution in [0.2, 0.25) is 0 Å². The van der Waals surface area contributed by atoms with Crippen LogP contribution in [0.1, 0.15) is 13.3 Å². The van der Waals surface area contributed by atoms with Gasteiger partial charge in [0.25, 0.3) is 0 Å². The van der Waals surface area contributed by atoms with E-state index in [9.17, 15) is 8.42 Å². The summed E-state index contributed by atoms with van der Waals surface area (Å²) in [6, 6.07) is 0. The molecule has 0 spiro atoms. The molecule has 0 aromatic heterocycles. The van der Waals surface area contributed by atoms with Gasteiger partial charge in [0, 0.05) is 14.1 Å². The number of nitrogens with zero attached hydrogens (tertiary/aromatic N) is 1. The van der Waals surface area contributed by atoms with Crippen molar-refractivity contribution in [1.29, 1.82) is 0 Å². The van der Waals surface area contributed by atoms with E-state index >= 15 is 0 Å². The van der Waals surface area contributed by atoms with Gasteiger partial charge in [0.05, 0.1) is 6.61 Å². The second-order valence-electron chi connectivity index (χ2n) is 2.12. The second-order valence-corrected chi connectivity index (χ2v) is 3.32. The maximum atomic E-state index is 10.7. The van der Waals surface area contributed by atoms with E-state index in [4.69, 9.17) is 0 Å². The first-order chi connectivity index (χ1) is 4.98. The average molecular weight is 183 g/mol. The number of rotatable bonds is 5. The van der Waals surface area contributed by atoms with E-state index in [1.807, 2.05) is 6.92 Å². The highest BCUT2D eigenvalue weighted by Crippen LogP contribution is 1.97. The molecule has 0 atom stereocenters. The fraction of sp³-hybridized carbons (Fsp3) is 1.00. The molecule has 0 aliphatic carbocycles. The largest absolute Gasteiger partial charge is 0.416 e. The standard InChI is InChI=1S/C5H13NO4S/c1-4-5-9-11(7,8)10-6(2)3/h4-5H2,1-3H3. The van der Waals surface area contributed by atoms with Gasteiger partial charge in [-0.3, -0.25) is 0 Å². The third-order valence-electron chi connectivity index (χ3n) is 0.672. The molecular weight excluding hydrogens is 170 g/mol. The topological polar surface area (TPSA) is 55.8 Å². The second kappa shape index (κ2) is 4.66. The monoisotopic (exact) mass is 183 g/mol. The maximum absolute atomic E-state index is 10.7. The van der Waals surface area contributed by atoms with Crippen LogP contribution in [0.3, 0.4) is 0 Å². The van der Waals surface area contributed by atoms with Gasteiger partial charge >= 0.3 is 10.4 Å². The van der Waals surface area contributed by atoms with Gasteiger partial charge in [0.15, 0.2) is 0 Å². The molecule has 0 bridgehead atoms. The molecule has 0 radical (unpaired) electrons. The SMILES string of the molecule is CCCOS(=O)(=O)ON(C)C. The van der Waals surface area contributed by atoms with Crippen LogP contribution in [-0.4, -0.2) is 34.2 Å². The zero-order valence-corrected chi connectivity index (χ0v) is 7.72. The van der Waals surface area contributed by atoms with Crippen molar-refractivity contribution in [1.82, 2.24) is 5.06 Å². The number of hydrogen-bond acceptors (Lipinski definition) is 5. The Labute approximate surface area is 67.2 Å². The Morgan fingerprint density at radius 3 is 2.27 bits per heavy atom. The van der Waals surface area contributed by atoms with Gasteiger partial charge in [-0.15, -0.1) is 0 Å². The Morgan fingerprint density at radius 2 is 1.91 bits per heavy atom. The summed E-state index contributed by atoms with van der Waals surface area (Å²) in [5.41, 5.74) is 0. The third-order valence-corrected chi connectivity index (χ3v) is 1.61. The van der Waals surface area contributed by atoms with Crippen LogP contribution in [0, 0.1) is 0 Å². The lowest BCUT2D eigenvalue weighted by Crippen LogP contribution is -2.21. The Hall–Kier alpha value is -0.170. The summed E-state index contributed by atoms with van der Waals surface area (Å²) in [5, 5.41) is 1.06. The molecule has 68 valence electrons. The van der Waals surface area contributed by atoms with Crippen molar-refractivity contribution in [3.63, 3.8) is 0 Å². The van der Waals surface area contributed by atoms with Crippen LogP contribution in [0.4, 0.5) is 0 Å². The lowest BCUT2D eigenvalue weighted by atomic mass is 10.5. The van der Waals surface area contributed by atoms with Crippen molar-refractivity contribution in [2.75, 3.05) is 20.7 Å². The van der Waals surface area contributed by atoms with Gasteiger partial charge in [-0.1, -0.05) is 6.92 Å². The van der Waals surface area contributed by atoms with E-state index in [2.05, 4.69) is 8.47 Å². The molecule has 0 aliphatic heterocycles. The lowest BCUT2D eigenvalue weighted by Gasteiger charge is -2.08. The van der Waals surface area contributed by atoms with Gasteiger partial charge in [-0.2, -0.15) is 17.8 Å². The molecule has 0 heterocycles. The molecule has 0 rings (SSSR count). The molecule has 0 fully saturated rings.